The predicted molar refractivity (Wildman–Crippen MR) is 103 cm³/mol. The molecular formula is C18H14ClN3O4S. The van der Waals surface area contributed by atoms with Crippen molar-refractivity contribution in [1.29, 1.82) is 0 Å². The minimum absolute atomic E-state index is 0.303. The van der Waals surface area contributed by atoms with Crippen LogP contribution in [0.25, 0.3) is 10.2 Å². The maximum absolute atomic E-state index is 12.8. The number of H-pyrrole nitrogens is 1. The number of nitrogens with one attached hydrogen (secondary N) is 2. The number of nitrogens with zero attached hydrogens (tertiary/aromatic N) is 1. The van der Waals surface area contributed by atoms with Crippen molar-refractivity contribution in [3.63, 3.8) is 0 Å². The quantitative estimate of drug-likeness (QED) is 0.623. The van der Waals surface area contributed by atoms with Gasteiger partial charge in [0.1, 0.15) is 23.1 Å². The minimum atomic E-state index is -1.12. The number of aromatic nitrogens is 1. The Hall–Kier alpha value is -2.84. The van der Waals surface area contributed by atoms with Gasteiger partial charge in [0.05, 0.1) is 4.34 Å². The Morgan fingerprint density at radius 2 is 2.11 bits per heavy atom. The van der Waals surface area contributed by atoms with Gasteiger partial charge in [-0.1, -0.05) is 29.8 Å². The summed E-state index contributed by atoms with van der Waals surface area (Å²) >= 11 is 7.26. The number of hydrogen-bond acceptors (Lipinski definition) is 4. The Morgan fingerprint density at radius 1 is 1.33 bits per heavy atom. The number of aromatic amines is 1. The standard InChI is InChI=1S/C18H14ClN3O4S/c19-14-7-10-6-11(21-17(10)27-14)16(25)20-12-5-9-3-1-2-4-13(9)22(18(12)26)8-15(23)24/h1-4,6-7,12,21H,5,8H2,(H,20,25)(H,23,24). The molecule has 0 radical (unpaired) electrons. The fourth-order valence-corrected chi connectivity index (χ4v) is 4.35. The second kappa shape index (κ2) is 6.71. The zero-order valence-corrected chi connectivity index (χ0v) is 15.4. The fraction of sp³-hybridized carbons (Fsp3) is 0.167. The van der Waals surface area contributed by atoms with Gasteiger partial charge in [0.2, 0.25) is 5.91 Å². The Labute approximate surface area is 162 Å². The number of thiophene rings is 1. The normalized spacial score (nSPS) is 16.4. The number of carboxylic acid groups (broad SMARTS) is 1. The van der Waals surface area contributed by atoms with Gasteiger partial charge in [-0.05, 0) is 23.8 Å². The van der Waals surface area contributed by atoms with E-state index in [0.717, 1.165) is 15.8 Å². The Bertz CT molecular complexity index is 1040. The van der Waals surface area contributed by atoms with Crippen LogP contribution in [0.5, 0.6) is 0 Å². The van der Waals surface area contributed by atoms with E-state index in [2.05, 4.69) is 10.3 Å². The number of carboxylic acids is 1. The van der Waals surface area contributed by atoms with E-state index in [9.17, 15) is 14.4 Å². The predicted octanol–water partition coefficient (Wildman–Crippen LogP) is 2.66. The third-order valence-electron chi connectivity index (χ3n) is 4.39. The topological polar surface area (TPSA) is 102 Å². The highest BCUT2D eigenvalue weighted by molar-refractivity contribution is 7.22. The largest absolute Gasteiger partial charge is 0.480 e. The van der Waals surface area contributed by atoms with E-state index in [-0.39, 0.29) is 0 Å². The van der Waals surface area contributed by atoms with E-state index in [0.29, 0.717) is 22.1 Å². The number of rotatable bonds is 4. The van der Waals surface area contributed by atoms with Gasteiger partial charge in [0.25, 0.3) is 5.91 Å². The summed E-state index contributed by atoms with van der Waals surface area (Å²) in [5, 5.41) is 12.7. The van der Waals surface area contributed by atoms with Crippen LogP contribution < -0.4 is 10.2 Å². The molecular weight excluding hydrogens is 390 g/mol. The molecule has 27 heavy (non-hydrogen) atoms. The van der Waals surface area contributed by atoms with E-state index >= 15 is 0 Å². The second-order valence-electron chi connectivity index (χ2n) is 6.19. The zero-order valence-electron chi connectivity index (χ0n) is 13.9. The monoisotopic (exact) mass is 403 g/mol. The average Bonchev–Trinajstić information content (AvgIpc) is 3.15. The van der Waals surface area contributed by atoms with Crippen molar-refractivity contribution in [3.8, 4) is 0 Å². The highest BCUT2D eigenvalue weighted by Crippen LogP contribution is 2.30. The summed E-state index contributed by atoms with van der Waals surface area (Å²) in [7, 11) is 0. The fourth-order valence-electron chi connectivity index (χ4n) is 3.22. The van der Waals surface area contributed by atoms with Crippen LogP contribution >= 0.6 is 22.9 Å². The van der Waals surface area contributed by atoms with E-state index in [4.69, 9.17) is 16.7 Å². The van der Waals surface area contributed by atoms with Gasteiger partial charge in [-0.2, -0.15) is 0 Å². The molecule has 138 valence electrons. The summed E-state index contributed by atoms with van der Waals surface area (Å²) in [6.45, 7) is -0.459. The van der Waals surface area contributed by atoms with Crippen LogP contribution in [0.1, 0.15) is 16.1 Å². The number of benzene rings is 1. The van der Waals surface area contributed by atoms with Gasteiger partial charge < -0.3 is 15.4 Å². The molecule has 0 fully saturated rings. The molecule has 2 aromatic heterocycles. The Kier molecular flexibility index (Phi) is 4.37. The van der Waals surface area contributed by atoms with E-state index in [1.54, 1.807) is 24.3 Å². The van der Waals surface area contributed by atoms with Crippen molar-refractivity contribution in [1.82, 2.24) is 10.3 Å². The van der Waals surface area contributed by atoms with Crippen molar-refractivity contribution in [2.45, 2.75) is 12.5 Å². The molecule has 1 unspecified atom stereocenters. The van der Waals surface area contributed by atoms with Crippen LogP contribution in [0, 0.1) is 0 Å². The lowest BCUT2D eigenvalue weighted by molar-refractivity contribution is -0.137. The molecule has 2 amide bonds. The molecule has 0 aliphatic carbocycles. The molecule has 0 saturated heterocycles. The Balaban J connectivity index is 1.59. The molecule has 0 saturated carbocycles. The lowest BCUT2D eigenvalue weighted by atomic mass is 9.97. The smallest absolute Gasteiger partial charge is 0.323 e. The maximum atomic E-state index is 12.8. The Morgan fingerprint density at radius 3 is 2.85 bits per heavy atom. The first kappa shape index (κ1) is 17.6. The highest BCUT2D eigenvalue weighted by Gasteiger charge is 2.35. The first-order valence-corrected chi connectivity index (χ1v) is 9.32. The van der Waals surface area contributed by atoms with Gasteiger partial charge in [0.15, 0.2) is 0 Å². The third kappa shape index (κ3) is 3.29. The molecule has 1 atom stereocenters. The zero-order chi connectivity index (χ0) is 19.1. The van der Waals surface area contributed by atoms with Gasteiger partial charge in [0, 0.05) is 17.5 Å². The number of carbonyl (C=O) groups is 3. The number of anilines is 1. The summed E-state index contributed by atoms with van der Waals surface area (Å²) in [5.41, 5.74) is 1.69. The van der Waals surface area contributed by atoms with Crippen LogP contribution in [-0.4, -0.2) is 40.5 Å². The molecule has 0 spiro atoms. The molecule has 0 bridgehead atoms. The summed E-state index contributed by atoms with van der Waals surface area (Å²) in [6, 6.07) is 9.68. The van der Waals surface area contributed by atoms with E-state index in [1.807, 2.05) is 12.1 Å². The highest BCUT2D eigenvalue weighted by atomic mass is 35.5. The van der Waals surface area contributed by atoms with Crippen molar-refractivity contribution in [3.05, 3.63) is 52.0 Å². The van der Waals surface area contributed by atoms with Gasteiger partial charge >= 0.3 is 5.97 Å². The number of fused-ring (bicyclic) bond motifs is 2. The third-order valence-corrected chi connectivity index (χ3v) is 5.59. The molecule has 3 aromatic rings. The van der Waals surface area contributed by atoms with Crippen molar-refractivity contribution >= 4 is 56.6 Å². The molecule has 4 rings (SSSR count). The van der Waals surface area contributed by atoms with Crippen molar-refractivity contribution in [2.75, 3.05) is 11.4 Å². The molecule has 3 heterocycles. The number of halogens is 1. The molecule has 9 heteroatoms. The first-order chi connectivity index (χ1) is 12.9. The number of para-hydroxylation sites is 1. The van der Waals surface area contributed by atoms with Crippen LogP contribution in [0.3, 0.4) is 0 Å². The number of aliphatic carboxylic acids is 1. The van der Waals surface area contributed by atoms with Crippen LogP contribution in [0.15, 0.2) is 36.4 Å². The van der Waals surface area contributed by atoms with E-state index < -0.39 is 30.4 Å². The molecule has 7 nitrogen and oxygen atoms in total. The van der Waals surface area contributed by atoms with Gasteiger partial charge in [-0.15, -0.1) is 11.3 Å². The van der Waals surface area contributed by atoms with Crippen molar-refractivity contribution < 1.29 is 19.5 Å². The minimum Gasteiger partial charge on any atom is -0.480 e. The maximum Gasteiger partial charge on any atom is 0.323 e. The summed E-state index contributed by atoms with van der Waals surface area (Å²) < 4.78 is 0.617. The molecule has 1 aliphatic heterocycles. The average molecular weight is 404 g/mol. The summed E-state index contributed by atoms with van der Waals surface area (Å²) in [4.78, 5) is 41.5. The first-order valence-electron chi connectivity index (χ1n) is 8.12. The number of hydrogen-bond donors (Lipinski definition) is 3. The van der Waals surface area contributed by atoms with E-state index in [1.165, 1.54) is 16.2 Å². The lowest BCUT2D eigenvalue weighted by Gasteiger charge is -2.33. The van der Waals surface area contributed by atoms with Crippen LogP contribution in [-0.2, 0) is 16.0 Å². The van der Waals surface area contributed by atoms with Gasteiger partial charge in [-0.25, -0.2) is 0 Å². The number of amides is 2. The molecule has 1 aromatic carbocycles. The number of carbonyl (C=O) groups excluding carboxylic acids is 2. The molecule has 3 N–H and O–H groups in total. The summed E-state index contributed by atoms with van der Waals surface area (Å²) in [5.74, 6) is -1.99. The lowest BCUT2D eigenvalue weighted by Crippen LogP contribution is -2.54. The molecule has 1 aliphatic rings. The SMILES string of the molecule is O=C(O)CN1C(=O)C(NC(=O)c2cc3cc(Cl)sc3[nH]2)Cc2ccccc21. The van der Waals surface area contributed by atoms with Crippen LogP contribution in [0.2, 0.25) is 4.34 Å². The second-order valence-corrected chi connectivity index (χ2v) is 7.88. The van der Waals surface area contributed by atoms with Crippen molar-refractivity contribution in [2.24, 2.45) is 0 Å². The van der Waals surface area contributed by atoms with Gasteiger partial charge in [-0.3, -0.25) is 19.3 Å². The van der Waals surface area contributed by atoms with Crippen LogP contribution in [0.4, 0.5) is 5.69 Å². The summed E-state index contributed by atoms with van der Waals surface area (Å²) in [6.07, 6.45) is 0.303.